The van der Waals surface area contributed by atoms with Gasteiger partial charge in [0.2, 0.25) is 0 Å². The Balaban J connectivity index is 3.05. The van der Waals surface area contributed by atoms with Gasteiger partial charge < -0.3 is 4.74 Å². The topological polar surface area (TPSA) is 43.4 Å². The molecule has 0 fully saturated rings. The van der Waals surface area contributed by atoms with Crippen LogP contribution in [0, 0.1) is 0 Å². The zero-order chi connectivity index (χ0) is 11.3. The van der Waals surface area contributed by atoms with E-state index in [2.05, 4.69) is 0 Å². The molecule has 1 rings (SSSR count). The highest BCUT2D eigenvalue weighted by atomic mass is 32.2. The quantitative estimate of drug-likeness (QED) is 0.785. The summed E-state index contributed by atoms with van der Waals surface area (Å²) in [5.41, 5.74) is 0.856. The van der Waals surface area contributed by atoms with Gasteiger partial charge in [-0.05, 0) is 11.6 Å². The summed E-state index contributed by atoms with van der Waals surface area (Å²) in [7, 11) is -1.71. The SMILES string of the molecule is COC/C(=C/c1ccccc1)S(C)(=O)=O. The lowest BCUT2D eigenvalue weighted by Gasteiger charge is -2.03. The molecule has 0 aromatic heterocycles. The van der Waals surface area contributed by atoms with Crippen LogP contribution in [0.4, 0.5) is 0 Å². The molecule has 0 aliphatic carbocycles. The van der Waals surface area contributed by atoms with Crippen LogP contribution in [0.1, 0.15) is 5.56 Å². The van der Waals surface area contributed by atoms with Gasteiger partial charge in [-0.3, -0.25) is 0 Å². The Hall–Kier alpha value is -1.13. The zero-order valence-corrected chi connectivity index (χ0v) is 9.62. The van der Waals surface area contributed by atoms with E-state index in [1.807, 2.05) is 30.3 Å². The Morgan fingerprint density at radius 2 is 1.93 bits per heavy atom. The van der Waals surface area contributed by atoms with E-state index in [-0.39, 0.29) is 11.5 Å². The van der Waals surface area contributed by atoms with E-state index in [4.69, 9.17) is 4.74 Å². The molecule has 0 amide bonds. The smallest absolute Gasteiger partial charge is 0.174 e. The van der Waals surface area contributed by atoms with Gasteiger partial charge in [0, 0.05) is 13.4 Å². The van der Waals surface area contributed by atoms with Gasteiger partial charge in [0.1, 0.15) is 0 Å². The minimum absolute atomic E-state index is 0.105. The van der Waals surface area contributed by atoms with Crippen molar-refractivity contribution in [3.05, 3.63) is 40.8 Å². The first-order chi connectivity index (χ1) is 7.04. The molecule has 82 valence electrons. The minimum Gasteiger partial charge on any atom is -0.379 e. The zero-order valence-electron chi connectivity index (χ0n) is 8.80. The lowest BCUT2D eigenvalue weighted by Crippen LogP contribution is -2.06. The second-order valence-electron chi connectivity index (χ2n) is 3.23. The summed E-state index contributed by atoms with van der Waals surface area (Å²) in [6, 6.07) is 9.30. The summed E-state index contributed by atoms with van der Waals surface area (Å²) in [6.45, 7) is 0.105. The molecule has 0 aliphatic heterocycles. The molecule has 0 saturated heterocycles. The third-order valence-electron chi connectivity index (χ3n) is 1.89. The van der Waals surface area contributed by atoms with Gasteiger partial charge in [-0.25, -0.2) is 8.42 Å². The molecular weight excluding hydrogens is 212 g/mol. The first kappa shape index (κ1) is 11.9. The van der Waals surface area contributed by atoms with Gasteiger partial charge in [-0.15, -0.1) is 0 Å². The molecule has 0 N–H and O–H groups in total. The van der Waals surface area contributed by atoms with Crippen molar-refractivity contribution in [1.29, 1.82) is 0 Å². The summed E-state index contributed by atoms with van der Waals surface area (Å²) in [4.78, 5) is 0.288. The maximum Gasteiger partial charge on any atom is 0.174 e. The van der Waals surface area contributed by atoms with Gasteiger partial charge in [0.25, 0.3) is 0 Å². The van der Waals surface area contributed by atoms with Crippen molar-refractivity contribution >= 4 is 15.9 Å². The highest BCUT2D eigenvalue weighted by Gasteiger charge is 2.10. The van der Waals surface area contributed by atoms with Crippen molar-refractivity contribution in [2.75, 3.05) is 20.0 Å². The van der Waals surface area contributed by atoms with E-state index in [1.54, 1.807) is 6.08 Å². The van der Waals surface area contributed by atoms with E-state index in [1.165, 1.54) is 13.4 Å². The van der Waals surface area contributed by atoms with Gasteiger partial charge >= 0.3 is 0 Å². The fourth-order valence-electron chi connectivity index (χ4n) is 1.13. The van der Waals surface area contributed by atoms with Crippen LogP contribution in [0.3, 0.4) is 0 Å². The standard InChI is InChI=1S/C11H14O3S/c1-14-9-11(15(2,12)13)8-10-6-4-3-5-7-10/h3-8H,9H2,1-2H3/b11-8-. The lowest BCUT2D eigenvalue weighted by atomic mass is 10.2. The van der Waals surface area contributed by atoms with Crippen LogP contribution in [0.5, 0.6) is 0 Å². The predicted octanol–water partition coefficient (Wildman–Crippen LogP) is 1.72. The molecule has 1 aromatic rings. The molecule has 15 heavy (non-hydrogen) atoms. The van der Waals surface area contributed by atoms with Gasteiger partial charge in [0.15, 0.2) is 9.84 Å². The number of rotatable bonds is 4. The maximum atomic E-state index is 11.4. The van der Waals surface area contributed by atoms with Crippen LogP contribution in [-0.4, -0.2) is 28.4 Å². The Kier molecular flexibility index (Phi) is 4.05. The monoisotopic (exact) mass is 226 g/mol. The predicted molar refractivity (Wildman–Crippen MR) is 61.1 cm³/mol. The van der Waals surface area contributed by atoms with Crippen LogP contribution in [0.2, 0.25) is 0 Å². The molecule has 0 aliphatic rings. The Morgan fingerprint density at radius 3 is 2.40 bits per heavy atom. The molecule has 0 spiro atoms. The van der Waals surface area contributed by atoms with Crippen LogP contribution in [0.25, 0.3) is 6.08 Å². The molecule has 0 bridgehead atoms. The first-order valence-electron chi connectivity index (χ1n) is 4.48. The molecule has 4 heteroatoms. The third-order valence-corrected chi connectivity index (χ3v) is 3.08. The third kappa shape index (κ3) is 3.85. The second kappa shape index (κ2) is 5.09. The number of benzene rings is 1. The fourth-order valence-corrected chi connectivity index (χ4v) is 1.82. The molecule has 0 heterocycles. The molecule has 0 atom stereocenters. The van der Waals surface area contributed by atoms with Crippen molar-refractivity contribution < 1.29 is 13.2 Å². The van der Waals surface area contributed by atoms with E-state index >= 15 is 0 Å². The Bertz CT molecular complexity index is 432. The van der Waals surface area contributed by atoms with Crippen molar-refractivity contribution in [2.24, 2.45) is 0 Å². The van der Waals surface area contributed by atoms with Gasteiger partial charge in [-0.1, -0.05) is 30.3 Å². The minimum atomic E-state index is -3.19. The summed E-state index contributed by atoms with van der Waals surface area (Å²) >= 11 is 0. The molecule has 0 radical (unpaired) electrons. The molecule has 3 nitrogen and oxygen atoms in total. The van der Waals surface area contributed by atoms with Crippen LogP contribution in [-0.2, 0) is 14.6 Å². The molecular formula is C11H14O3S. The Labute approximate surface area is 90.3 Å². The van der Waals surface area contributed by atoms with Crippen molar-refractivity contribution in [2.45, 2.75) is 0 Å². The van der Waals surface area contributed by atoms with Crippen molar-refractivity contribution in [3.63, 3.8) is 0 Å². The molecule has 0 unspecified atom stereocenters. The summed E-state index contributed by atoms with van der Waals surface area (Å²) in [5.74, 6) is 0. The fraction of sp³-hybridized carbons (Fsp3) is 0.273. The van der Waals surface area contributed by atoms with E-state index < -0.39 is 9.84 Å². The van der Waals surface area contributed by atoms with Crippen LogP contribution >= 0.6 is 0 Å². The Morgan fingerprint density at radius 1 is 1.33 bits per heavy atom. The normalized spacial score (nSPS) is 12.8. The van der Waals surface area contributed by atoms with E-state index in [0.717, 1.165) is 5.56 Å². The first-order valence-corrected chi connectivity index (χ1v) is 6.38. The number of hydrogen-bond donors (Lipinski definition) is 0. The maximum absolute atomic E-state index is 11.4. The average molecular weight is 226 g/mol. The van der Waals surface area contributed by atoms with Crippen LogP contribution in [0.15, 0.2) is 35.2 Å². The summed E-state index contributed by atoms with van der Waals surface area (Å²) in [6.07, 6.45) is 2.81. The second-order valence-corrected chi connectivity index (χ2v) is 5.30. The van der Waals surface area contributed by atoms with Crippen molar-refractivity contribution in [3.8, 4) is 0 Å². The highest BCUT2D eigenvalue weighted by molar-refractivity contribution is 7.94. The summed E-state index contributed by atoms with van der Waals surface area (Å²) in [5, 5.41) is 0. The number of methoxy groups -OCH3 is 1. The number of hydrogen-bond acceptors (Lipinski definition) is 3. The molecule has 0 saturated carbocycles. The number of sulfone groups is 1. The molecule has 1 aromatic carbocycles. The van der Waals surface area contributed by atoms with Gasteiger partial charge in [0.05, 0.1) is 11.5 Å². The van der Waals surface area contributed by atoms with E-state index in [9.17, 15) is 8.42 Å². The summed E-state index contributed by atoms with van der Waals surface area (Å²) < 4.78 is 27.6. The van der Waals surface area contributed by atoms with Gasteiger partial charge in [-0.2, -0.15) is 0 Å². The van der Waals surface area contributed by atoms with Crippen molar-refractivity contribution in [1.82, 2.24) is 0 Å². The van der Waals surface area contributed by atoms with E-state index in [0.29, 0.717) is 0 Å². The highest BCUT2D eigenvalue weighted by Crippen LogP contribution is 2.11. The largest absolute Gasteiger partial charge is 0.379 e. The van der Waals surface area contributed by atoms with Crippen LogP contribution < -0.4 is 0 Å². The number of ether oxygens (including phenoxy) is 1. The average Bonchev–Trinajstić information content (AvgIpc) is 2.17. The lowest BCUT2D eigenvalue weighted by molar-refractivity contribution is 0.231.